The summed E-state index contributed by atoms with van der Waals surface area (Å²) in [5, 5.41) is 0. The molecule has 2 aliphatic rings. The molecule has 4 nitrogen and oxygen atoms in total. The van der Waals surface area contributed by atoms with Crippen molar-refractivity contribution in [1.82, 2.24) is 4.90 Å². The summed E-state index contributed by atoms with van der Waals surface area (Å²) in [5.41, 5.74) is 0. The number of nitrogens with zero attached hydrogens (tertiary/aromatic N) is 1. The van der Waals surface area contributed by atoms with Gasteiger partial charge in [0.2, 0.25) is 5.91 Å². The first-order valence-electron chi connectivity index (χ1n) is 6.65. The highest BCUT2D eigenvalue weighted by molar-refractivity contribution is 5.79. The Kier molecular flexibility index (Phi) is 4.02. The van der Waals surface area contributed by atoms with Crippen molar-refractivity contribution >= 4 is 11.9 Å². The molecule has 4 heteroatoms. The first kappa shape index (κ1) is 12.4. The average molecular weight is 239 g/mol. The standard InChI is InChI=1S/C13H21NO3/c1-2-17-13(16)11-4-3-7-14(9-11)12(15)8-10-5-6-10/h10-11H,2-9H2,1H3/t11-/m0/s1. The zero-order valence-electron chi connectivity index (χ0n) is 10.5. The van der Waals surface area contributed by atoms with Crippen molar-refractivity contribution in [3.8, 4) is 0 Å². The zero-order valence-corrected chi connectivity index (χ0v) is 10.5. The molecule has 0 bridgehead atoms. The number of carbonyl (C=O) groups excluding carboxylic acids is 2. The largest absolute Gasteiger partial charge is 0.466 e. The molecule has 0 aromatic carbocycles. The quantitative estimate of drug-likeness (QED) is 0.700. The van der Waals surface area contributed by atoms with E-state index >= 15 is 0 Å². The second-order valence-corrected chi connectivity index (χ2v) is 5.08. The van der Waals surface area contributed by atoms with Gasteiger partial charge in [0, 0.05) is 19.5 Å². The first-order chi connectivity index (χ1) is 8.20. The lowest BCUT2D eigenvalue weighted by molar-refractivity contribution is -0.151. The highest BCUT2D eigenvalue weighted by Crippen LogP contribution is 2.33. The van der Waals surface area contributed by atoms with E-state index in [-0.39, 0.29) is 17.8 Å². The van der Waals surface area contributed by atoms with Crippen LogP contribution in [-0.4, -0.2) is 36.5 Å². The minimum atomic E-state index is -0.142. The van der Waals surface area contributed by atoms with E-state index in [1.54, 1.807) is 0 Å². The summed E-state index contributed by atoms with van der Waals surface area (Å²) in [6, 6.07) is 0. The van der Waals surface area contributed by atoms with Gasteiger partial charge < -0.3 is 9.64 Å². The summed E-state index contributed by atoms with van der Waals surface area (Å²) >= 11 is 0. The summed E-state index contributed by atoms with van der Waals surface area (Å²) in [4.78, 5) is 25.4. The van der Waals surface area contributed by atoms with Gasteiger partial charge in [0.05, 0.1) is 12.5 Å². The molecule has 1 saturated heterocycles. The van der Waals surface area contributed by atoms with Gasteiger partial charge in [0.15, 0.2) is 0 Å². The number of amides is 1. The number of piperidine rings is 1. The molecule has 0 unspecified atom stereocenters. The van der Waals surface area contributed by atoms with Gasteiger partial charge in [-0.3, -0.25) is 9.59 Å². The predicted octanol–water partition coefficient (Wildman–Crippen LogP) is 1.59. The average Bonchev–Trinajstić information content (AvgIpc) is 3.13. The van der Waals surface area contributed by atoms with Gasteiger partial charge in [-0.1, -0.05) is 0 Å². The molecule has 1 aliphatic carbocycles. The molecule has 1 amide bonds. The molecule has 17 heavy (non-hydrogen) atoms. The van der Waals surface area contributed by atoms with Crippen LogP contribution in [0.25, 0.3) is 0 Å². The van der Waals surface area contributed by atoms with Crippen LogP contribution in [0.4, 0.5) is 0 Å². The van der Waals surface area contributed by atoms with E-state index in [9.17, 15) is 9.59 Å². The Bertz CT molecular complexity index is 299. The van der Waals surface area contributed by atoms with Crippen molar-refractivity contribution in [2.24, 2.45) is 11.8 Å². The van der Waals surface area contributed by atoms with Crippen molar-refractivity contribution in [3.63, 3.8) is 0 Å². The van der Waals surface area contributed by atoms with Gasteiger partial charge in [-0.15, -0.1) is 0 Å². The van der Waals surface area contributed by atoms with Crippen LogP contribution in [-0.2, 0) is 14.3 Å². The number of hydrogen-bond acceptors (Lipinski definition) is 3. The molecule has 96 valence electrons. The molecule has 0 radical (unpaired) electrons. The number of likely N-dealkylation sites (tertiary alicyclic amines) is 1. The number of ether oxygens (including phenoxy) is 1. The van der Waals surface area contributed by atoms with Gasteiger partial charge in [-0.25, -0.2) is 0 Å². The van der Waals surface area contributed by atoms with Crippen LogP contribution in [0.5, 0.6) is 0 Å². The van der Waals surface area contributed by atoms with E-state index in [2.05, 4.69) is 0 Å². The van der Waals surface area contributed by atoms with E-state index in [4.69, 9.17) is 4.74 Å². The lowest BCUT2D eigenvalue weighted by Gasteiger charge is -2.31. The Hall–Kier alpha value is -1.06. The molecule has 0 aromatic rings. The summed E-state index contributed by atoms with van der Waals surface area (Å²) in [7, 11) is 0. The third-order valence-electron chi connectivity index (χ3n) is 3.55. The summed E-state index contributed by atoms with van der Waals surface area (Å²) < 4.78 is 5.03. The van der Waals surface area contributed by atoms with Gasteiger partial charge in [-0.2, -0.15) is 0 Å². The summed E-state index contributed by atoms with van der Waals surface area (Å²) in [6.07, 6.45) is 4.84. The second kappa shape index (κ2) is 5.52. The molecule has 2 fully saturated rings. The van der Waals surface area contributed by atoms with E-state index in [0.717, 1.165) is 19.4 Å². The van der Waals surface area contributed by atoms with Crippen LogP contribution in [0.1, 0.15) is 39.0 Å². The Balaban J connectivity index is 1.82. The third-order valence-corrected chi connectivity index (χ3v) is 3.55. The van der Waals surface area contributed by atoms with Crippen molar-refractivity contribution in [2.75, 3.05) is 19.7 Å². The van der Waals surface area contributed by atoms with Gasteiger partial charge in [-0.05, 0) is 38.5 Å². The van der Waals surface area contributed by atoms with E-state index < -0.39 is 0 Å². The Morgan fingerprint density at radius 3 is 2.71 bits per heavy atom. The molecule has 0 N–H and O–H groups in total. The van der Waals surface area contributed by atoms with Crippen molar-refractivity contribution in [2.45, 2.75) is 39.0 Å². The van der Waals surface area contributed by atoms with E-state index in [0.29, 0.717) is 25.5 Å². The van der Waals surface area contributed by atoms with Crippen LogP contribution in [0.15, 0.2) is 0 Å². The summed E-state index contributed by atoms with van der Waals surface area (Å²) in [6.45, 7) is 3.61. The monoisotopic (exact) mass is 239 g/mol. The van der Waals surface area contributed by atoms with Crippen LogP contribution in [0, 0.1) is 11.8 Å². The molecule has 1 saturated carbocycles. The molecular formula is C13H21NO3. The number of hydrogen-bond donors (Lipinski definition) is 0. The minimum absolute atomic E-state index is 0.105. The summed E-state index contributed by atoms with van der Waals surface area (Å²) in [5.74, 6) is 0.593. The van der Waals surface area contributed by atoms with Crippen molar-refractivity contribution in [1.29, 1.82) is 0 Å². The maximum atomic E-state index is 11.9. The molecule has 1 heterocycles. The molecule has 0 spiro atoms. The highest BCUT2D eigenvalue weighted by atomic mass is 16.5. The third kappa shape index (κ3) is 3.45. The molecule has 2 rings (SSSR count). The Morgan fingerprint density at radius 2 is 2.06 bits per heavy atom. The number of rotatable bonds is 4. The van der Waals surface area contributed by atoms with E-state index in [1.165, 1.54) is 12.8 Å². The molecular weight excluding hydrogens is 218 g/mol. The second-order valence-electron chi connectivity index (χ2n) is 5.08. The Labute approximate surface area is 102 Å². The molecule has 0 aromatic heterocycles. The smallest absolute Gasteiger partial charge is 0.310 e. The SMILES string of the molecule is CCOC(=O)[C@H]1CCCN(C(=O)CC2CC2)C1. The maximum Gasteiger partial charge on any atom is 0.310 e. The Morgan fingerprint density at radius 1 is 1.29 bits per heavy atom. The number of carbonyl (C=O) groups is 2. The number of esters is 1. The van der Waals surface area contributed by atoms with Crippen molar-refractivity contribution in [3.05, 3.63) is 0 Å². The van der Waals surface area contributed by atoms with Crippen LogP contribution >= 0.6 is 0 Å². The fourth-order valence-corrected chi connectivity index (χ4v) is 2.35. The first-order valence-corrected chi connectivity index (χ1v) is 6.65. The highest BCUT2D eigenvalue weighted by Gasteiger charge is 2.32. The fourth-order valence-electron chi connectivity index (χ4n) is 2.35. The lowest BCUT2D eigenvalue weighted by atomic mass is 9.98. The topological polar surface area (TPSA) is 46.6 Å². The van der Waals surface area contributed by atoms with E-state index in [1.807, 2.05) is 11.8 Å². The van der Waals surface area contributed by atoms with Gasteiger partial charge in [0.1, 0.15) is 0 Å². The van der Waals surface area contributed by atoms with Crippen molar-refractivity contribution < 1.29 is 14.3 Å². The predicted molar refractivity (Wildman–Crippen MR) is 63.3 cm³/mol. The van der Waals surface area contributed by atoms with Crippen LogP contribution < -0.4 is 0 Å². The zero-order chi connectivity index (χ0) is 12.3. The fraction of sp³-hybridized carbons (Fsp3) is 0.846. The lowest BCUT2D eigenvalue weighted by Crippen LogP contribution is -2.42. The van der Waals surface area contributed by atoms with Gasteiger partial charge >= 0.3 is 5.97 Å². The van der Waals surface area contributed by atoms with Crippen LogP contribution in [0.2, 0.25) is 0 Å². The van der Waals surface area contributed by atoms with Gasteiger partial charge in [0.25, 0.3) is 0 Å². The maximum absolute atomic E-state index is 11.9. The molecule has 1 aliphatic heterocycles. The minimum Gasteiger partial charge on any atom is -0.466 e. The molecule has 1 atom stereocenters. The van der Waals surface area contributed by atoms with Crippen LogP contribution in [0.3, 0.4) is 0 Å². The normalized spacial score (nSPS) is 24.5.